The van der Waals surface area contributed by atoms with Crippen LogP contribution >= 0.6 is 22.6 Å². The molecular weight excluding hydrogens is 363 g/mol. The van der Waals surface area contributed by atoms with E-state index in [9.17, 15) is 0 Å². The Morgan fingerprint density at radius 3 is 3.10 bits per heavy atom. The molecule has 0 unspecified atom stereocenters. The first-order valence-electron chi connectivity index (χ1n) is 7.40. The van der Waals surface area contributed by atoms with E-state index in [0.717, 1.165) is 19.6 Å². The number of methoxy groups -OCH3 is 1. The summed E-state index contributed by atoms with van der Waals surface area (Å²) in [5.41, 5.74) is 4.09. The molecule has 0 bridgehead atoms. The molecule has 1 atom stereocenters. The predicted molar refractivity (Wildman–Crippen MR) is 90.2 cm³/mol. The first kappa shape index (κ1) is 14.3. The van der Waals surface area contributed by atoms with E-state index >= 15 is 0 Å². The standard InChI is InChI=1S/C16H21IN2O/c1-20-11-14-5-3-9-19(14)18-16-6-2-4-12-10-13(17)7-8-15(12)16/h7-8,10,14H,2-6,9,11H2,1H3/b18-16-/t14-/m0/s1. The third-order valence-corrected chi connectivity index (χ3v) is 4.86. The summed E-state index contributed by atoms with van der Waals surface area (Å²) in [6, 6.07) is 7.20. The Labute approximate surface area is 134 Å². The van der Waals surface area contributed by atoms with Gasteiger partial charge < -0.3 is 4.74 Å². The van der Waals surface area contributed by atoms with Gasteiger partial charge in [0.05, 0.1) is 18.4 Å². The van der Waals surface area contributed by atoms with Gasteiger partial charge in [0.2, 0.25) is 0 Å². The number of ether oxygens (including phenoxy) is 1. The summed E-state index contributed by atoms with van der Waals surface area (Å²) in [5.74, 6) is 0. The van der Waals surface area contributed by atoms with E-state index < -0.39 is 0 Å². The molecule has 1 aromatic carbocycles. The first-order valence-corrected chi connectivity index (χ1v) is 8.47. The van der Waals surface area contributed by atoms with E-state index in [4.69, 9.17) is 9.84 Å². The molecule has 0 aromatic heterocycles. The highest BCUT2D eigenvalue weighted by Gasteiger charge is 2.25. The minimum absolute atomic E-state index is 0.460. The van der Waals surface area contributed by atoms with Gasteiger partial charge in [-0.15, -0.1) is 0 Å². The van der Waals surface area contributed by atoms with Crippen molar-refractivity contribution < 1.29 is 4.74 Å². The summed E-state index contributed by atoms with van der Waals surface area (Å²) in [5, 5.41) is 7.23. The molecule has 0 radical (unpaired) electrons. The molecule has 4 heteroatoms. The van der Waals surface area contributed by atoms with Gasteiger partial charge in [-0.05, 0) is 72.4 Å². The maximum atomic E-state index is 5.32. The molecule has 1 aromatic rings. The van der Waals surface area contributed by atoms with Crippen molar-refractivity contribution in [2.45, 2.75) is 38.1 Å². The Morgan fingerprint density at radius 1 is 1.35 bits per heavy atom. The molecule has 1 aliphatic heterocycles. The van der Waals surface area contributed by atoms with Crippen LogP contribution in [0.4, 0.5) is 0 Å². The normalized spacial score (nSPS) is 24.2. The number of fused-ring (bicyclic) bond motifs is 1. The van der Waals surface area contributed by atoms with Gasteiger partial charge in [0.15, 0.2) is 0 Å². The second-order valence-electron chi connectivity index (χ2n) is 5.62. The summed E-state index contributed by atoms with van der Waals surface area (Å²) >= 11 is 2.39. The summed E-state index contributed by atoms with van der Waals surface area (Å²) in [6.45, 7) is 1.85. The second-order valence-corrected chi connectivity index (χ2v) is 6.86. The van der Waals surface area contributed by atoms with Crippen LogP contribution in [-0.4, -0.2) is 37.0 Å². The van der Waals surface area contributed by atoms with E-state index in [1.54, 1.807) is 7.11 Å². The molecule has 1 saturated heterocycles. The van der Waals surface area contributed by atoms with E-state index in [1.807, 2.05) is 0 Å². The zero-order chi connectivity index (χ0) is 13.9. The maximum Gasteiger partial charge on any atom is 0.0704 e. The lowest BCUT2D eigenvalue weighted by atomic mass is 9.90. The van der Waals surface area contributed by atoms with E-state index in [2.05, 4.69) is 45.8 Å². The van der Waals surface area contributed by atoms with Gasteiger partial charge in [-0.2, -0.15) is 5.10 Å². The lowest BCUT2D eigenvalue weighted by molar-refractivity contribution is 0.118. The van der Waals surface area contributed by atoms with Crippen molar-refractivity contribution in [1.29, 1.82) is 0 Å². The number of nitrogens with zero attached hydrogens (tertiary/aromatic N) is 2. The largest absolute Gasteiger partial charge is 0.382 e. The number of hydrogen-bond acceptors (Lipinski definition) is 3. The van der Waals surface area contributed by atoms with Crippen LogP contribution in [0.1, 0.15) is 36.8 Å². The number of halogens is 1. The Kier molecular flexibility index (Phi) is 4.61. The second kappa shape index (κ2) is 6.43. The summed E-state index contributed by atoms with van der Waals surface area (Å²) in [4.78, 5) is 0. The first-order chi connectivity index (χ1) is 9.78. The molecule has 1 fully saturated rings. The average Bonchev–Trinajstić information content (AvgIpc) is 2.86. The number of benzene rings is 1. The highest BCUT2D eigenvalue weighted by Crippen LogP contribution is 2.26. The predicted octanol–water partition coefficient (Wildman–Crippen LogP) is 3.44. The summed E-state index contributed by atoms with van der Waals surface area (Å²) in [7, 11) is 1.78. The van der Waals surface area contributed by atoms with E-state index in [-0.39, 0.29) is 0 Å². The fourth-order valence-electron chi connectivity index (χ4n) is 3.20. The molecule has 3 rings (SSSR count). The molecule has 0 N–H and O–H groups in total. The summed E-state index contributed by atoms with van der Waals surface area (Å²) in [6.07, 6.45) is 5.93. The smallest absolute Gasteiger partial charge is 0.0704 e. The van der Waals surface area contributed by atoms with Crippen molar-refractivity contribution >= 4 is 28.3 Å². The lowest BCUT2D eigenvalue weighted by Crippen LogP contribution is -2.30. The fraction of sp³-hybridized carbons (Fsp3) is 0.562. The highest BCUT2D eigenvalue weighted by atomic mass is 127. The molecule has 2 aliphatic rings. The van der Waals surface area contributed by atoms with Gasteiger partial charge >= 0.3 is 0 Å². The minimum Gasteiger partial charge on any atom is -0.382 e. The molecule has 108 valence electrons. The van der Waals surface area contributed by atoms with Gasteiger partial charge in [0.25, 0.3) is 0 Å². The van der Waals surface area contributed by atoms with Gasteiger partial charge in [0.1, 0.15) is 0 Å². The van der Waals surface area contributed by atoms with Gasteiger partial charge in [0, 0.05) is 22.8 Å². The number of hydrazone groups is 1. The Balaban J connectivity index is 1.86. The van der Waals surface area contributed by atoms with Crippen LogP contribution in [0.15, 0.2) is 23.3 Å². The topological polar surface area (TPSA) is 24.8 Å². The third kappa shape index (κ3) is 3.01. The Hall–Kier alpha value is -0.620. The van der Waals surface area contributed by atoms with Crippen LogP contribution in [-0.2, 0) is 11.2 Å². The number of aryl methyl sites for hydroxylation is 1. The zero-order valence-corrected chi connectivity index (χ0v) is 14.1. The van der Waals surface area contributed by atoms with E-state index in [1.165, 1.54) is 46.1 Å². The summed E-state index contributed by atoms with van der Waals surface area (Å²) < 4.78 is 6.64. The number of hydrogen-bond donors (Lipinski definition) is 0. The molecule has 0 amide bonds. The number of rotatable bonds is 3. The van der Waals surface area contributed by atoms with Crippen molar-refractivity contribution in [2.75, 3.05) is 20.3 Å². The highest BCUT2D eigenvalue weighted by molar-refractivity contribution is 14.1. The monoisotopic (exact) mass is 384 g/mol. The van der Waals surface area contributed by atoms with Gasteiger partial charge in [-0.25, -0.2) is 0 Å². The van der Waals surface area contributed by atoms with Crippen molar-refractivity contribution in [2.24, 2.45) is 5.10 Å². The maximum absolute atomic E-state index is 5.32. The molecule has 20 heavy (non-hydrogen) atoms. The van der Waals surface area contributed by atoms with E-state index in [0.29, 0.717) is 6.04 Å². The molecule has 0 saturated carbocycles. The minimum atomic E-state index is 0.460. The average molecular weight is 384 g/mol. The lowest BCUT2D eigenvalue weighted by Gasteiger charge is -2.25. The van der Waals surface area contributed by atoms with Crippen LogP contribution in [0.3, 0.4) is 0 Å². The van der Waals surface area contributed by atoms with Crippen molar-refractivity contribution in [1.82, 2.24) is 5.01 Å². The quantitative estimate of drug-likeness (QED) is 0.746. The fourth-order valence-corrected chi connectivity index (χ4v) is 3.76. The molecular formula is C16H21IN2O. The molecule has 3 nitrogen and oxygen atoms in total. The van der Waals surface area contributed by atoms with Crippen LogP contribution in [0.5, 0.6) is 0 Å². The van der Waals surface area contributed by atoms with Crippen LogP contribution < -0.4 is 0 Å². The zero-order valence-electron chi connectivity index (χ0n) is 11.9. The van der Waals surface area contributed by atoms with Crippen LogP contribution in [0.25, 0.3) is 0 Å². The molecule has 0 spiro atoms. The Bertz CT molecular complexity index is 515. The van der Waals surface area contributed by atoms with Crippen molar-refractivity contribution in [3.63, 3.8) is 0 Å². The van der Waals surface area contributed by atoms with Gasteiger partial charge in [-0.3, -0.25) is 5.01 Å². The molecule has 1 aliphatic carbocycles. The van der Waals surface area contributed by atoms with Crippen LogP contribution in [0, 0.1) is 3.57 Å². The van der Waals surface area contributed by atoms with Crippen molar-refractivity contribution in [3.8, 4) is 0 Å². The third-order valence-electron chi connectivity index (χ3n) is 4.19. The Morgan fingerprint density at radius 2 is 2.25 bits per heavy atom. The molecule has 1 heterocycles. The SMILES string of the molecule is COC[C@@H]1CCCN1/N=C1/CCCc2cc(I)ccc21. The van der Waals surface area contributed by atoms with Crippen molar-refractivity contribution in [3.05, 3.63) is 32.9 Å². The van der Waals surface area contributed by atoms with Crippen LogP contribution in [0.2, 0.25) is 0 Å². The van der Waals surface area contributed by atoms with Gasteiger partial charge in [-0.1, -0.05) is 6.07 Å².